The van der Waals surface area contributed by atoms with Crippen molar-refractivity contribution in [2.45, 2.75) is 0 Å². The molecule has 2 radical (unpaired) electrons. The molecule has 30 valence electrons. The first-order valence-electron chi connectivity index (χ1n) is 0. The van der Waals surface area contributed by atoms with E-state index in [4.69, 9.17) is 0 Å². The van der Waals surface area contributed by atoms with Crippen molar-refractivity contribution < 1.29 is 39.4 Å². The minimum absolute atomic E-state index is 0. The second kappa shape index (κ2) is 18.0. The third kappa shape index (κ3) is 8.82. The van der Waals surface area contributed by atoms with Crippen molar-refractivity contribution in [1.82, 2.24) is 0 Å². The predicted molar refractivity (Wildman–Crippen MR) is 17.9 cm³/mol. The van der Waals surface area contributed by atoms with Gasteiger partial charge in [0.15, 0.2) is 17.4 Å². The van der Waals surface area contributed by atoms with Crippen LogP contribution in [0, 0.1) is 0 Å². The van der Waals surface area contributed by atoms with Crippen molar-refractivity contribution in [1.29, 1.82) is 0 Å². The molecule has 0 spiro atoms. The Morgan fingerprint density at radius 3 is 1.25 bits per heavy atom. The van der Waals surface area contributed by atoms with Crippen LogP contribution in [0.4, 0.5) is 0 Å². The van der Waals surface area contributed by atoms with Crippen LogP contribution in [0.1, 0.15) is 2.85 Å². The third-order valence-corrected chi connectivity index (χ3v) is 0. The Balaban J connectivity index is 0. The summed E-state index contributed by atoms with van der Waals surface area (Å²) in [6.45, 7) is 0. The largest absolute Gasteiger partial charge is 2.00 e. The van der Waals surface area contributed by atoms with Crippen LogP contribution >= 0.6 is 0 Å². The van der Waals surface area contributed by atoms with Gasteiger partial charge in [0.05, 0.1) is 0 Å². The Labute approximate surface area is 79.0 Å². The van der Waals surface area contributed by atoms with E-state index in [1.165, 1.54) is 0 Å². The molecule has 0 bridgehead atoms. The van der Waals surface area contributed by atoms with Crippen LogP contribution in [0.25, 0.3) is 0 Å². The summed E-state index contributed by atoms with van der Waals surface area (Å²) >= 11 is 0. The van der Waals surface area contributed by atoms with Crippen molar-refractivity contribution in [3.8, 4) is 0 Å². The van der Waals surface area contributed by atoms with Crippen molar-refractivity contribution in [3.63, 3.8) is 0 Å². The van der Waals surface area contributed by atoms with Crippen molar-refractivity contribution in [3.05, 3.63) is 0 Å². The van der Waals surface area contributed by atoms with Crippen LogP contribution in [0.15, 0.2) is 0 Å². The fourth-order valence-corrected chi connectivity index (χ4v) is 0. The fourth-order valence-electron chi connectivity index (χ4n) is 0. The summed E-state index contributed by atoms with van der Waals surface area (Å²) in [4.78, 5) is 0. The molecule has 0 aliphatic rings. The summed E-state index contributed by atoms with van der Waals surface area (Å²) in [5, 5.41) is 0. The summed E-state index contributed by atoms with van der Waals surface area (Å²) in [7, 11) is 0. The van der Waals surface area contributed by atoms with Crippen LogP contribution in [0.2, 0.25) is 0 Å². The van der Waals surface area contributed by atoms with E-state index in [0.717, 1.165) is 0 Å². The summed E-state index contributed by atoms with van der Waals surface area (Å²) in [6.07, 6.45) is 0. The zero-order chi connectivity index (χ0) is 0. The molecule has 0 rings (SSSR count). The van der Waals surface area contributed by atoms with Crippen LogP contribution < -0.4 is 0 Å². The summed E-state index contributed by atoms with van der Waals surface area (Å²) in [5.74, 6) is 0. The molecule has 0 fully saturated rings. The normalized spacial score (nSPS) is 0. The van der Waals surface area contributed by atoms with Crippen LogP contribution in [0.3, 0.4) is 0 Å². The first-order chi connectivity index (χ1) is 0. The van der Waals surface area contributed by atoms with Gasteiger partial charge >= 0.3 is 23.1 Å². The van der Waals surface area contributed by atoms with E-state index in [0.29, 0.717) is 0 Å². The SMILES string of the molecule is [AlH3].[Cu].[H-].[H-].[Mg+2].[Rh]. The average Bonchev–Trinajstić information content (AvgIpc) is 0. The fraction of sp³-hybridized carbons (Fsp3) is 0. The molecule has 0 aromatic heterocycles. The second-order valence-electron chi connectivity index (χ2n) is 0. The minimum Gasteiger partial charge on any atom is -1.00 e. The van der Waals surface area contributed by atoms with E-state index < -0.39 is 0 Å². The molecule has 4 heteroatoms. The first kappa shape index (κ1) is 32.0. The molecule has 0 aliphatic heterocycles. The Hall–Kier alpha value is 2.44. The molecule has 0 aliphatic carbocycles. The Morgan fingerprint density at radius 2 is 1.25 bits per heavy atom. The van der Waals surface area contributed by atoms with Gasteiger partial charge in [-0.3, -0.25) is 0 Å². The Kier molecular flexibility index (Phi) is 144. The topological polar surface area (TPSA) is 0 Å². The van der Waals surface area contributed by atoms with Gasteiger partial charge in [-0.2, -0.15) is 0 Å². The molecule has 0 saturated carbocycles. The molecule has 0 atom stereocenters. The second-order valence-corrected chi connectivity index (χ2v) is 0. The van der Waals surface area contributed by atoms with Gasteiger partial charge in [-0.15, -0.1) is 0 Å². The molecule has 0 aromatic carbocycles. The smallest absolute Gasteiger partial charge is 1.00 e. The zero-order valence-electron chi connectivity index (χ0n) is 3.34. The van der Waals surface area contributed by atoms with Crippen LogP contribution in [0.5, 0.6) is 0 Å². The van der Waals surface area contributed by atoms with E-state index in [2.05, 4.69) is 0 Å². The van der Waals surface area contributed by atoms with Gasteiger partial charge < -0.3 is 2.85 Å². The van der Waals surface area contributed by atoms with Gasteiger partial charge in [-0.1, -0.05) is 0 Å². The minimum atomic E-state index is 0. The van der Waals surface area contributed by atoms with Gasteiger partial charge in [0, 0.05) is 36.5 Å². The van der Waals surface area contributed by atoms with Gasteiger partial charge in [0.1, 0.15) is 0 Å². The molecule has 0 saturated heterocycles. The van der Waals surface area contributed by atoms with E-state index in [1.54, 1.807) is 0 Å². The molecule has 4 heavy (non-hydrogen) atoms. The molecule has 0 aromatic rings. The zero-order valence-corrected chi connectivity index (χ0v) is 5.34. The maximum atomic E-state index is 0. The predicted octanol–water partition coefficient (Wildman–Crippen LogP) is -1.34. The monoisotopic (exact) mass is 222 g/mol. The van der Waals surface area contributed by atoms with Crippen molar-refractivity contribution >= 4 is 40.4 Å². The standard InChI is InChI=1S/Al.Cu.Mg.Rh.5H/q;;+2;;;;;2*-1. The van der Waals surface area contributed by atoms with Crippen LogP contribution in [-0.2, 0) is 36.5 Å². The quantitative estimate of drug-likeness (QED) is 0.445. The maximum absolute atomic E-state index is 0. The molecule has 0 amide bonds. The number of rotatable bonds is 0. The molecule has 0 nitrogen and oxygen atoms in total. The number of hydrogen-bond acceptors (Lipinski definition) is 0. The van der Waals surface area contributed by atoms with Gasteiger partial charge in [-0.25, -0.2) is 0 Å². The summed E-state index contributed by atoms with van der Waals surface area (Å²) in [6, 6.07) is 0. The maximum Gasteiger partial charge on any atom is 2.00 e. The third-order valence-electron chi connectivity index (χ3n) is 0. The average molecular weight is 223 g/mol. The Morgan fingerprint density at radius 1 is 1.25 bits per heavy atom. The Bertz CT molecular complexity index is 13.5. The van der Waals surface area contributed by atoms with Gasteiger partial charge in [0.25, 0.3) is 0 Å². The molecule has 0 heterocycles. The number of hydrogen-bond donors (Lipinski definition) is 0. The molecular weight excluding hydrogens is 218 g/mol. The van der Waals surface area contributed by atoms with E-state index in [-0.39, 0.29) is 79.8 Å². The van der Waals surface area contributed by atoms with Crippen LogP contribution in [-0.4, -0.2) is 40.4 Å². The van der Waals surface area contributed by atoms with Crippen molar-refractivity contribution in [2.75, 3.05) is 0 Å². The van der Waals surface area contributed by atoms with E-state index >= 15 is 0 Å². The summed E-state index contributed by atoms with van der Waals surface area (Å²) in [5.41, 5.74) is 0. The van der Waals surface area contributed by atoms with E-state index in [1.807, 2.05) is 0 Å². The molecule has 0 N–H and O–H groups in total. The summed E-state index contributed by atoms with van der Waals surface area (Å²) < 4.78 is 0. The van der Waals surface area contributed by atoms with Crippen molar-refractivity contribution in [2.24, 2.45) is 0 Å². The van der Waals surface area contributed by atoms with Gasteiger partial charge in [-0.05, 0) is 0 Å². The molecular formula is H5AlCuMgRh. The van der Waals surface area contributed by atoms with E-state index in [9.17, 15) is 0 Å². The first-order valence-corrected chi connectivity index (χ1v) is 0. The molecule has 0 unspecified atom stereocenters. The van der Waals surface area contributed by atoms with Gasteiger partial charge in [0.2, 0.25) is 0 Å².